The molecular formula is C17H27Cl2N3O3. The van der Waals surface area contributed by atoms with E-state index in [2.05, 4.69) is 10.2 Å². The number of nitrogens with one attached hydrogen (secondary N) is 1. The summed E-state index contributed by atoms with van der Waals surface area (Å²) in [6, 6.07) is 4.50. The molecule has 0 unspecified atom stereocenters. The molecule has 2 N–H and O–H groups in total. The number of rotatable bonds is 4. The fraction of sp³-hybridized carbons (Fsp3) is 0.647. The van der Waals surface area contributed by atoms with Crippen LogP contribution in [-0.4, -0.2) is 41.1 Å². The Bertz CT molecular complexity index is 544. The first-order valence-corrected chi connectivity index (χ1v) is 8.59. The van der Waals surface area contributed by atoms with Crippen LogP contribution < -0.4 is 5.32 Å². The lowest BCUT2D eigenvalue weighted by molar-refractivity contribution is -0.386. The van der Waals surface area contributed by atoms with E-state index in [9.17, 15) is 15.2 Å². The molecule has 1 aromatic rings. The van der Waals surface area contributed by atoms with Crippen LogP contribution in [0.2, 0.25) is 0 Å². The minimum atomic E-state index is -0.313. The maximum absolute atomic E-state index is 11.5. The van der Waals surface area contributed by atoms with Crippen molar-refractivity contribution in [3.05, 3.63) is 33.9 Å². The zero-order valence-corrected chi connectivity index (χ0v) is 15.9. The third-order valence-electron chi connectivity index (χ3n) is 5.17. The van der Waals surface area contributed by atoms with Crippen molar-refractivity contribution in [2.24, 2.45) is 5.92 Å². The number of hydrogen-bond acceptors (Lipinski definition) is 5. The maximum atomic E-state index is 11.5. The molecular weight excluding hydrogens is 365 g/mol. The van der Waals surface area contributed by atoms with Crippen molar-refractivity contribution in [1.29, 1.82) is 0 Å². The van der Waals surface area contributed by atoms with Crippen LogP contribution in [0.3, 0.4) is 0 Å². The van der Waals surface area contributed by atoms with Gasteiger partial charge in [0.25, 0.3) is 5.69 Å². The topological polar surface area (TPSA) is 78.6 Å². The number of nitro groups is 1. The molecule has 3 rings (SSSR count). The van der Waals surface area contributed by atoms with Crippen molar-refractivity contribution in [3.8, 4) is 5.75 Å². The fourth-order valence-electron chi connectivity index (χ4n) is 4.10. The first kappa shape index (κ1) is 22.0. The average Bonchev–Trinajstić information content (AvgIpc) is 2.57. The van der Waals surface area contributed by atoms with Gasteiger partial charge in [-0.25, -0.2) is 0 Å². The summed E-state index contributed by atoms with van der Waals surface area (Å²) in [7, 11) is 0. The van der Waals surface area contributed by atoms with Crippen LogP contribution in [0.4, 0.5) is 5.69 Å². The Hall–Kier alpha value is -1.08. The zero-order chi connectivity index (χ0) is 16.2. The Morgan fingerprint density at radius 3 is 2.40 bits per heavy atom. The molecule has 8 heteroatoms. The van der Waals surface area contributed by atoms with Crippen LogP contribution in [-0.2, 0) is 0 Å². The van der Waals surface area contributed by atoms with Gasteiger partial charge in [0.2, 0.25) is 0 Å². The molecule has 25 heavy (non-hydrogen) atoms. The van der Waals surface area contributed by atoms with Crippen molar-refractivity contribution in [2.75, 3.05) is 26.2 Å². The van der Waals surface area contributed by atoms with E-state index >= 15 is 0 Å². The van der Waals surface area contributed by atoms with E-state index in [1.54, 1.807) is 6.07 Å². The number of benzene rings is 1. The molecule has 1 aromatic carbocycles. The lowest BCUT2D eigenvalue weighted by Crippen LogP contribution is -2.47. The Labute approximate surface area is 160 Å². The molecule has 0 aromatic heterocycles. The minimum absolute atomic E-state index is 0. The molecule has 2 aliphatic rings. The van der Waals surface area contributed by atoms with E-state index in [4.69, 9.17) is 0 Å². The van der Waals surface area contributed by atoms with Crippen molar-refractivity contribution < 1.29 is 10.0 Å². The third-order valence-corrected chi connectivity index (χ3v) is 5.17. The fourth-order valence-corrected chi connectivity index (χ4v) is 4.10. The molecule has 0 bridgehead atoms. The summed E-state index contributed by atoms with van der Waals surface area (Å²) in [5.74, 6) is 0.545. The molecule has 1 saturated carbocycles. The number of nitrogens with zero attached hydrogens (tertiary/aromatic N) is 2. The lowest BCUT2D eigenvalue weighted by atomic mass is 9.79. The molecule has 0 radical (unpaired) electrons. The Morgan fingerprint density at radius 1 is 1.16 bits per heavy atom. The van der Waals surface area contributed by atoms with E-state index in [0.29, 0.717) is 11.5 Å². The summed E-state index contributed by atoms with van der Waals surface area (Å²) >= 11 is 0. The second kappa shape index (κ2) is 10.2. The molecule has 1 saturated heterocycles. The molecule has 1 aliphatic carbocycles. The highest BCUT2D eigenvalue weighted by molar-refractivity contribution is 5.85. The van der Waals surface area contributed by atoms with Gasteiger partial charge < -0.3 is 10.4 Å². The first-order chi connectivity index (χ1) is 11.2. The van der Waals surface area contributed by atoms with Gasteiger partial charge in [-0.15, -0.1) is 24.8 Å². The standard InChI is InChI=1S/C17H25N3O3.2ClH/c21-14-6-7-16(20(22)23)15(12-14)17(13-4-2-1-3-5-13)19-10-8-18-9-11-19;;/h6-7,12-13,17-18,21H,1-5,8-11H2;2*1H/t17-;;/m0../s1. The summed E-state index contributed by atoms with van der Waals surface area (Å²) < 4.78 is 0. The van der Waals surface area contributed by atoms with Gasteiger partial charge in [0, 0.05) is 38.3 Å². The molecule has 1 aliphatic heterocycles. The van der Waals surface area contributed by atoms with Crippen molar-refractivity contribution in [2.45, 2.75) is 38.1 Å². The number of hydrogen-bond donors (Lipinski definition) is 2. The minimum Gasteiger partial charge on any atom is -0.508 e. The van der Waals surface area contributed by atoms with Gasteiger partial charge in [0.15, 0.2) is 0 Å². The highest BCUT2D eigenvalue weighted by Gasteiger charge is 2.35. The molecule has 0 spiro atoms. The summed E-state index contributed by atoms with van der Waals surface area (Å²) in [4.78, 5) is 13.6. The molecule has 6 nitrogen and oxygen atoms in total. The SMILES string of the molecule is Cl.Cl.O=[N+]([O-])c1ccc(O)cc1[C@H](C1CCCCC1)N1CCNCC1. The number of phenols is 1. The van der Waals surface area contributed by atoms with Gasteiger partial charge in [-0.2, -0.15) is 0 Å². The Morgan fingerprint density at radius 2 is 1.80 bits per heavy atom. The second-order valence-electron chi connectivity index (χ2n) is 6.63. The molecule has 2 fully saturated rings. The van der Waals surface area contributed by atoms with Crippen LogP contribution in [0.25, 0.3) is 0 Å². The number of halogens is 2. The number of aromatic hydroxyl groups is 1. The van der Waals surface area contributed by atoms with Crippen molar-refractivity contribution in [3.63, 3.8) is 0 Å². The monoisotopic (exact) mass is 391 g/mol. The van der Waals surface area contributed by atoms with Crippen molar-refractivity contribution in [1.82, 2.24) is 10.2 Å². The van der Waals surface area contributed by atoms with E-state index in [1.165, 1.54) is 31.4 Å². The van der Waals surface area contributed by atoms with Gasteiger partial charge in [0.1, 0.15) is 5.75 Å². The smallest absolute Gasteiger partial charge is 0.274 e. The average molecular weight is 392 g/mol. The highest BCUT2D eigenvalue weighted by Crippen LogP contribution is 2.42. The molecule has 142 valence electrons. The third kappa shape index (κ3) is 5.20. The lowest BCUT2D eigenvalue weighted by Gasteiger charge is -2.40. The van der Waals surface area contributed by atoms with Gasteiger partial charge in [-0.05, 0) is 30.9 Å². The summed E-state index contributed by atoms with van der Waals surface area (Å²) in [6.45, 7) is 3.62. The van der Waals surface area contributed by atoms with Crippen molar-refractivity contribution >= 4 is 30.5 Å². The molecule has 1 atom stereocenters. The van der Waals surface area contributed by atoms with E-state index in [-0.39, 0.29) is 47.2 Å². The van der Waals surface area contributed by atoms with Gasteiger partial charge in [0.05, 0.1) is 10.5 Å². The zero-order valence-electron chi connectivity index (χ0n) is 14.2. The van der Waals surface area contributed by atoms with Crippen LogP contribution in [0.5, 0.6) is 5.75 Å². The molecule has 0 amide bonds. The summed E-state index contributed by atoms with van der Waals surface area (Å²) in [6.07, 6.45) is 5.87. The van der Waals surface area contributed by atoms with Gasteiger partial charge >= 0.3 is 0 Å². The first-order valence-electron chi connectivity index (χ1n) is 8.59. The van der Waals surface area contributed by atoms with Crippen LogP contribution in [0, 0.1) is 16.0 Å². The van der Waals surface area contributed by atoms with Crippen LogP contribution in [0.15, 0.2) is 18.2 Å². The second-order valence-corrected chi connectivity index (χ2v) is 6.63. The highest BCUT2D eigenvalue weighted by atomic mass is 35.5. The summed E-state index contributed by atoms with van der Waals surface area (Å²) in [5.41, 5.74) is 0.820. The van der Waals surface area contributed by atoms with Crippen LogP contribution >= 0.6 is 24.8 Å². The van der Waals surface area contributed by atoms with E-state index in [0.717, 1.165) is 39.0 Å². The number of piperazine rings is 1. The predicted octanol–water partition coefficient (Wildman–Crippen LogP) is 3.67. The van der Waals surface area contributed by atoms with Gasteiger partial charge in [-0.1, -0.05) is 19.3 Å². The Kier molecular flexibility index (Phi) is 8.93. The van der Waals surface area contributed by atoms with E-state index < -0.39 is 0 Å². The predicted molar refractivity (Wildman–Crippen MR) is 103 cm³/mol. The molecule has 1 heterocycles. The number of nitro benzene ring substituents is 1. The number of phenolic OH excluding ortho intramolecular Hbond substituents is 1. The maximum Gasteiger partial charge on any atom is 0.274 e. The summed E-state index contributed by atoms with van der Waals surface area (Å²) in [5, 5.41) is 24.8. The quantitative estimate of drug-likeness (QED) is 0.604. The Balaban J connectivity index is 0.00000156. The van der Waals surface area contributed by atoms with Gasteiger partial charge in [-0.3, -0.25) is 15.0 Å². The van der Waals surface area contributed by atoms with Crippen LogP contribution in [0.1, 0.15) is 43.7 Å². The van der Waals surface area contributed by atoms with E-state index in [1.807, 2.05) is 0 Å². The largest absolute Gasteiger partial charge is 0.508 e. The normalized spacial score (nSPS) is 20.2.